The van der Waals surface area contributed by atoms with Gasteiger partial charge in [0.1, 0.15) is 18.9 Å². The van der Waals surface area contributed by atoms with Crippen molar-refractivity contribution in [1.29, 1.82) is 0 Å². The molecule has 1 N–H and O–H groups in total. The number of carbonyl (C=O) groups is 1. The topological polar surface area (TPSA) is 61.1 Å². The van der Waals surface area contributed by atoms with Gasteiger partial charge in [0.15, 0.2) is 10.6 Å². The smallest absolute Gasteiger partial charge is 0.246 e. The van der Waals surface area contributed by atoms with Crippen LogP contribution in [0.5, 0.6) is 5.75 Å². The molecule has 6 nitrogen and oxygen atoms in total. The van der Waals surface area contributed by atoms with E-state index in [0.717, 1.165) is 28.1 Å². The molecule has 0 saturated carbocycles. The second-order valence-electron chi connectivity index (χ2n) is 7.90. The number of hydrogen-bond donors (Lipinski definition) is 1. The van der Waals surface area contributed by atoms with Crippen molar-refractivity contribution in [2.45, 2.75) is 33.5 Å². The standard InChI is InChI=1S/C26H26N4O2S/c1-19-13-14-20(2)23(15-19)27-25(31)17-30-26(33)29(16-21-9-5-3-6-10-21)24(28-30)18-32-22-11-7-4-8-12-22/h3-15H,16-18H2,1-2H3,(H,27,31). The SMILES string of the molecule is Cc1ccc(C)c(NC(=O)Cn2nc(COc3ccccc3)n(Cc3ccccc3)c2=S)c1. The second kappa shape index (κ2) is 10.3. The van der Waals surface area contributed by atoms with Crippen LogP contribution in [0.3, 0.4) is 0 Å². The fourth-order valence-corrected chi connectivity index (χ4v) is 3.76. The maximum atomic E-state index is 12.8. The lowest BCUT2D eigenvalue weighted by molar-refractivity contribution is -0.116. The van der Waals surface area contributed by atoms with Crippen LogP contribution in [-0.4, -0.2) is 20.3 Å². The van der Waals surface area contributed by atoms with Gasteiger partial charge < -0.3 is 10.1 Å². The van der Waals surface area contributed by atoms with Gasteiger partial charge in [-0.3, -0.25) is 9.36 Å². The number of para-hydroxylation sites is 1. The van der Waals surface area contributed by atoms with Crippen LogP contribution in [0.25, 0.3) is 0 Å². The highest BCUT2D eigenvalue weighted by atomic mass is 32.1. The molecule has 4 aromatic rings. The quantitative estimate of drug-likeness (QED) is 0.364. The number of aryl methyl sites for hydroxylation is 2. The number of nitrogens with zero attached hydrogens (tertiary/aromatic N) is 3. The normalized spacial score (nSPS) is 10.7. The van der Waals surface area contributed by atoms with E-state index in [0.29, 0.717) is 17.1 Å². The van der Waals surface area contributed by atoms with Crippen LogP contribution >= 0.6 is 12.2 Å². The molecule has 0 saturated heterocycles. The van der Waals surface area contributed by atoms with Crippen LogP contribution in [0.1, 0.15) is 22.5 Å². The van der Waals surface area contributed by atoms with E-state index in [4.69, 9.17) is 17.0 Å². The molecule has 33 heavy (non-hydrogen) atoms. The first-order valence-corrected chi connectivity index (χ1v) is 11.2. The molecule has 0 aliphatic rings. The fourth-order valence-electron chi connectivity index (χ4n) is 3.48. The zero-order chi connectivity index (χ0) is 23.2. The number of hydrogen-bond acceptors (Lipinski definition) is 4. The summed E-state index contributed by atoms with van der Waals surface area (Å²) in [5.41, 5.74) is 3.97. The maximum Gasteiger partial charge on any atom is 0.246 e. The van der Waals surface area contributed by atoms with E-state index < -0.39 is 0 Å². The Labute approximate surface area is 198 Å². The minimum absolute atomic E-state index is 0.0202. The van der Waals surface area contributed by atoms with E-state index in [1.54, 1.807) is 4.68 Å². The summed E-state index contributed by atoms with van der Waals surface area (Å²) in [6.07, 6.45) is 0. The molecule has 168 valence electrons. The molecule has 1 aromatic heterocycles. The Balaban J connectivity index is 1.57. The zero-order valence-electron chi connectivity index (χ0n) is 18.7. The average molecular weight is 459 g/mol. The Kier molecular flexibility index (Phi) is 7.00. The highest BCUT2D eigenvalue weighted by molar-refractivity contribution is 7.71. The first-order chi connectivity index (χ1) is 16.0. The van der Waals surface area contributed by atoms with E-state index in [1.807, 2.05) is 97.3 Å². The summed E-state index contributed by atoms with van der Waals surface area (Å²) in [4.78, 5) is 12.8. The van der Waals surface area contributed by atoms with Crippen molar-refractivity contribution in [2.24, 2.45) is 0 Å². The molecule has 7 heteroatoms. The molecule has 1 heterocycles. The van der Waals surface area contributed by atoms with Gasteiger partial charge in [0.25, 0.3) is 0 Å². The minimum Gasteiger partial charge on any atom is -0.486 e. The van der Waals surface area contributed by atoms with Gasteiger partial charge in [-0.05, 0) is 61.0 Å². The number of carbonyl (C=O) groups excluding carboxylic acids is 1. The Bertz CT molecular complexity index is 1300. The third-order valence-electron chi connectivity index (χ3n) is 5.25. The summed E-state index contributed by atoms with van der Waals surface area (Å²) in [5.74, 6) is 1.23. The van der Waals surface area contributed by atoms with E-state index in [-0.39, 0.29) is 19.1 Å². The van der Waals surface area contributed by atoms with Crippen molar-refractivity contribution in [2.75, 3.05) is 5.32 Å². The molecule has 0 radical (unpaired) electrons. The Morgan fingerprint density at radius 1 is 1.00 bits per heavy atom. The largest absolute Gasteiger partial charge is 0.486 e. The first-order valence-electron chi connectivity index (χ1n) is 10.7. The van der Waals surface area contributed by atoms with Gasteiger partial charge >= 0.3 is 0 Å². The summed E-state index contributed by atoms with van der Waals surface area (Å²) in [5, 5.41) is 7.61. The van der Waals surface area contributed by atoms with Gasteiger partial charge in [-0.1, -0.05) is 60.7 Å². The van der Waals surface area contributed by atoms with Crippen LogP contribution in [0.15, 0.2) is 78.9 Å². The second-order valence-corrected chi connectivity index (χ2v) is 8.26. The Hall–Kier alpha value is -3.71. The van der Waals surface area contributed by atoms with Gasteiger partial charge in [0.05, 0.1) is 6.54 Å². The van der Waals surface area contributed by atoms with Gasteiger partial charge in [-0.2, -0.15) is 5.10 Å². The Morgan fingerprint density at radius 3 is 2.42 bits per heavy atom. The molecule has 0 spiro atoms. The van der Waals surface area contributed by atoms with Crippen molar-refractivity contribution in [3.05, 3.63) is 106 Å². The predicted molar refractivity (Wildman–Crippen MR) is 132 cm³/mol. The molecule has 1 amide bonds. The third-order valence-corrected chi connectivity index (χ3v) is 5.69. The van der Waals surface area contributed by atoms with Gasteiger partial charge in [-0.25, -0.2) is 4.68 Å². The first kappa shape index (κ1) is 22.5. The summed E-state index contributed by atoms with van der Waals surface area (Å²) in [6.45, 7) is 4.77. The van der Waals surface area contributed by atoms with Crippen molar-refractivity contribution >= 4 is 23.8 Å². The number of nitrogens with one attached hydrogen (secondary N) is 1. The lowest BCUT2D eigenvalue weighted by Crippen LogP contribution is -2.20. The number of aromatic nitrogens is 3. The number of anilines is 1. The molecule has 0 aliphatic heterocycles. The lowest BCUT2D eigenvalue weighted by atomic mass is 10.1. The molecule has 3 aromatic carbocycles. The summed E-state index contributed by atoms with van der Waals surface area (Å²) in [6, 6.07) is 25.6. The van der Waals surface area contributed by atoms with Crippen LogP contribution in [0, 0.1) is 18.6 Å². The van der Waals surface area contributed by atoms with Crippen LogP contribution in [-0.2, 0) is 24.5 Å². The number of amides is 1. The number of ether oxygens (including phenoxy) is 1. The highest BCUT2D eigenvalue weighted by Crippen LogP contribution is 2.17. The van der Waals surface area contributed by atoms with Crippen molar-refractivity contribution < 1.29 is 9.53 Å². The van der Waals surface area contributed by atoms with E-state index >= 15 is 0 Å². The molecule has 0 aliphatic carbocycles. The molecule has 0 fully saturated rings. The lowest BCUT2D eigenvalue weighted by Gasteiger charge is -2.09. The molecule has 0 atom stereocenters. The molecular formula is C26H26N4O2S. The van der Waals surface area contributed by atoms with E-state index in [9.17, 15) is 4.79 Å². The van der Waals surface area contributed by atoms with Crippen molar-refractivity contribution in [3.8, 4) is 5.75 Å². The maximum absolute atomic E-state index is 12.8. The van der Waals surface area contributed by atoms with Crippen molar-refractivity contribution in [3.63, 3.8) is 0 Å². The van der Waals surface area contributed by atoms with E-state index in [2.05, 4.69) is 10.4 Å². The van der Waals surface area contributed by atoms with E-state index in [1.165, 1.54) is 0 Å². The number of benzene rings is 3. The van der Waals surface area contributed by atoms with Gasteiger partial charge in [-0.15, -0.1) is 0 Å². The summed E-state index contributed by atoms with van der Waals surface area (Å²) < 4.78 is 9.87. The highest BCUT2D eigenvalue weighted by Gasteiger charge is 2.15. The molecular weight excluding hydrogens is 432 g/mol. The number of rotatable bonds is 8. The third kappa shape index (κ3) is 5.75. The van der Waals surface area contributed by atoms with Crippen LogP contribution in [0.4, 0.5) is 5.69 Å². The molecule has 0 bridgehead atoms. The Morgan fingerprint density at radius 2 is 1.70 bits per heavy atom. The minimum atomic E-state index is -0.181. The molecule has 4 rings (SSSR count). The van der Waals surface area contributed by atoms with Crippen LogP contribution in [0.2, 0.25) is 0 Å². The fraction of sp³-hybridized carbons (Fsp3) is 0.192. The van der Waals surface area contributed by atoms with Crippen molar-refractivity contribution in [1.82, 2.24) is 14.3 Å². The zero-order valence-corrected chi connectivity index (χ0v) is 19.5. The summed E-state index contributed by atoms with van der Waals surface area (Å²) >= 11 is 5.70. The van der Waals surface area contributed by atoms with Gasteiger partial charge in [0.2, 0.25) is 5.91 Å². The predicted octanol–water partition coefficient (Wildman–Crippen LogP) is 5.30. The molecule has 0 unspecified atom stereocenters. The van der Waals surface area contributed by atoms with Crippen LogP contribution < -0.4 is 10.1 Å². The monoisotopic (exact) mass is 458 g/mol. The van der Waals surface area contributed by atoms with Gasteiger partial charge in [0, 0.05) is 5.69 Å². The summed E-state index contributed by atoms with van der Waals surface area (Å²) in [7, 11) is 0. The average Bonchev–Trinajstić information content (AvgIpc) is 3.10.